The summed E-state index contributed by atoms with van der Waals surface area (Å²) >= 11 is 0. The Morgan fingerprint density at radius 1 is 1.00 bits per heavy atom. The fraction of sp³-hybridized carbons (Fsp3) is 0.417. The summed E-state index contributed by atoms with van der Waals surface area (Å²) in [5.74, 6) is 2.06. The zero-order chi connectivity index (χ0) is 21.9. The molecule has 3 aromatic rings. The van der Waals surface area contributed by atoms with Gasteiger partial charge in [0.1, 0.15) is 17.5 Å². The Bertz CT molecular complexity index is 1150. The summed E-state index contributed by atoms with van der Waals surface area (Å²) in [7, 11) is 0. The van der Waals surface area contributed by atoms with Gasteiger partial charge in [-0.25, -0.2) is 24.3 Å². The lowest BCUT2D eigenvalue weighted by atomic mass is 10.1. The van der Waals surface area contributed by atoms with Gasteiger partial charge >= 0.3 is 0 Å². The van der Waals surface area contributed by atoms with Crippen molar-refractivity contribution in [1.29, 1.82) is 0 Å². The Balaban J connectivity index is 0.00000259. The SMILES string of the molecule is Cc1nc2ccc(F)cc2nc1C=Cc1nc(NC2CCOCC2)cc(N2CCCC2)n1.Cl. The van der Waals surface area contributed by atoms with Crippen molar-refractivity contribution in [2.24, 2.45) is 0 Å². The second kappa shape index (κ2) is 10.4. The van der Waals surface area contributed by atoms with Crippen molar-refractivity contribution >= 4 is 47.2 Å². The summed E-state index contributed by atoms with van der Waals surface area (Å²) in [6.45, 7) is 5.47. The number of aryl methyl sites for hydroxylation is 1. The maximum Gasteiger partial charge on any atom is 0.156 e. The minimum Gasteiger partial charge on any atom is -0.381 e. The van der Waals surface area contributed by atoms with Crippen LogP contribution in [0.1, 0.15) is 42.9 Å². The molecule has 33 heavy (non-hydrogen) atoms. The normalized spacial score (nSPS) is 17.0. The van der Waals surface area contributed by atoms with E-state index in [9.17, 15) is 4.39 Å². The standard InChI is InChI=1S/C24H27FN6O.ClH/c1-16-19(28-21-14-17(25)4-5-20(21)26-16)6-7-22-29-23(27-18-8-12-32-13-9-18)15-24(30-22)31-10-2-3-11-31;/h4-7,14-15,18H,2-3,8-13H2,1H3,(H,27,29,30);1H. The second-order valence-electron chi connectivity index (χ2n) is 8.36. The topological polar surface area (TPSA) is 76.1 Å². The van der Waals surface area contributed by atoms with Crippen molar-refractivity contribution in [2.75, 3.05) is 36.5 Å². The van der Waals surface area contributed by atoms with E-state index in [0.29, 0.717) is 28.6 Å². The first-order valence-corrected chi connectivity index (χ1v) is 11.2. The largest absolute Gasteiger partial charge is 0.381 e. The summed E-state index contributed by atoms with van der Waals surface area (Å²) in [6, 6.07) is 6.85. The first kappa shape index (κ1) is 23.3. The molecule has 0 amide bonds. The van der Waals surface area contributed by atoms with E-state index >= 15 is 0 Å². The van der Waals surface area contributed by atoms with Gasteiger partial charge in [-0.1, -0.05) is 0 Å². The molecule has 0 saturated carbocycles. The number of rotatable bonds is 5. The van der Waals surface area contributed by atoms with Crippen LogP contribution in [0.15, 0.2) is 24.3 Å². The first-order chi connectivity index (χ1) is 15.6. The highest BCUT2D eigenvalue weighted by Crippen LogP contribution is 2.23. The predicted octanol–water partition coefficient (Wildman–Crippen LogP) is 4.65. The van der Waals surface area contributed by atoms with Crippen LogP contribution in [0, 0.1) is 12.7 Å². The minimum absolute atomic E-state index is 0. The Morgan fingerprint density at radius 2 is 1.79 bits per heavy atom. The summed E-state index contributed by atoms with van der Waals surface area (Å²) in [6.07, 6.45) is 8.01. The van der Waals surface area contributed by atoms with Crippen molar-refractivity contribution in [3.63, 3.8) is 0 Å². The third kappa shape index (κ3) is 5.57. The van der Waals surface area contributed by atoms with E-state index in [4.69, 9.17) is 14.7 Å². The summed E-state index contributed by atoms with van der Waals surface area (Å²) < 4.78 is 19.1. The summed E-state index contributed by atoms with van der Waals surface area (Å²) in [5, 5.41) is 3.56. The van der Waals surface area contributed by atoms with E-state index in [2.05, 4.69) is 20.2 Å². The first-order valence-electron chi connectivity index (χ1n) is 11.2. The number of nitrogens with zero attached hydrogens (tertiary/aromatic N) is 5. The van der Waals surface area contributed by atoms with Crippen LogP contribution >= 0.6 is 12.4 Å². The molecule has 2 fully saturated rings. The zero-order valence-corrected chi connectivity index (χ0v) is 19.4. The lowest BCUT2D eigenvalue weighted by Gasteiger charge is -2.24. The molecule has 0 radical (unpaired) electrons. The smallest absolute Gasteiger partial charge is 0.156 e. The van der Waals surface area contributed by atoms with Gasteiger partial charge in [-0.3, -0.25) is 0 Å². The molecule has 9 heteroatoms. The fourth-order valence-corrected chi connectivity index (χ4v) is 4.20. The number of aromatic nitrogens is 4. The molecule has 1 aromatic carbocycles. The number of fused-ring (bicyclic) bond motifs is 1. The Kier molecular flexibility index (Phi) is 7.35. The van der Waals surface area contributed by atoms with Gasteiger partial charge in [0, 0.05) is 44.5 Å². The van der Waals surface area contributed by atoms with Gasteiger partial charge in [-0.15, -0.1) is 12.4 Å². The molecule has 4 heterocycles. The highest BCUT2D eigenvalue weighted by molar-refractivity contribution is 5.85. The number of anilines is 2. The number of hydrogen-bond donors (Lipinski definition) is 1. The highest BCUT2D eigenvalue weighted by atomic mass is 35.5. The van der Waals surface area contributed by atoms with Crippen LogP contribution in [0.25, 0.3) is 23.2 Å². The average Bonchev–Trinajstić information content (AvgIpc) is 3.34. The van der Waals surface area contributed by atoms with Crippen molar-refractivity contribution in [1.82, 2.24) is 19.9 Å². The maximum absolute atomic E-state index is 13.6. The molecule has 174 valence electrons. The monoisotopic (exact) mass is 470 g/mol. The highest BCUT2D eigenvalue weighted by Gasteiger charge is 2.18. The number of halogens is 2. The van der Waals surface area contributed by atoms with Crippen LogP contribution in [0.5, 0.6) is 0 Å². The van der Waals surface area contributed by atoms with Gasteiger partial charge in [0.2, 0.25) is 0 Å². The third-order valence-electron chi connectivity index (χ3n) is 5.96. The lowest BCUT2D eigenvalue weighted by molar-refractivity contribution is 0.0904. The Morgan fingerprint density at radius 3 is 2.58 bits per heavy atom. The van der Waals surface area contributed by atoms with Crippen LogP contribution in [0.4, 0.5) is 16.0 Å². The average molecular weight is 471 g/mol. The van der Waals surface area contributed by atoms with E-state index < -0.39 is 0 Å². The molecule has 2 aliphatic heterocycles. The van der Waals surface area contributed by atoms with Gasteiger partial charge in [0.05, 0.1) is 22.4 Å². The van der Waals surface area contributed by atoms with E-state index in [1.165, 1.54) is 25.0 Å². The molecule has 0 spiro atoms. The van der Waals surface area contributed by atoms with Gasteiger partial charge in [-0.2, -0.15) is 0 Å². The number of ether oxygens (including phenoxy) is 1. The van der Waals surface area contributed by atoms with Gasteiger partial charge in [0.25, 0.3) is 0 Å². The van der Waals surface area contributed by atoms with Crippen LogP contribution in [0.3, 0.4) is 0 Å². The molecule has 2 aliphatic rings. The number of nitrogens with one attached hydrogen (secondary N) is 1. The molecular weight excluding hydrogens is 443 g/mol. The van der Waals surface area contributed by atoms with E-state index in [1.54, 1.807) is 6.07 Å². The van der Waals surface area contributed by atoms with E-state index in [0.717, 1.165) is 56.5 Å². The number of benzene rings is 1. The maximum atomic E-state index is 13.6. The summed E-state index contributed by atoms with van der Waals surface area (Å²) in [4.78, 5) is 21.0. The molecule has 0 unspecified atom stereocenters. The third-order valence-corrected chi connectivity index (χ3v) is 5.96. The van der Waals surface area contributed by atoms with Crippen molar-refractivity contribution < 1.29 is 9.13 Å². The minimum atomic E-state index is -0.323. The quantitative estimate of drug-likeness (QED) is 0.581. The molecule has 0 atom stereocenters. The Labute approximate surface area is 198 Å². The molecule has 1 N–H and O–H groups in total. The molecule has 0 bridgehead atoms. The zero-order valence-electron chi connectivity index (χ0n) is 18.6. The van der Waals surface area contributed by atoms with Gasteiger partial charge < -0.3 is 15.0 Å². The van der Waals surface area contributed by atoms with Crippen molar-refractivity contribution in [2.45, 2.75) is 38.6 Å². The lowest BCUT2D eigenvalue weighted by Crippen LogP contribution is -2.28. The van der Waals surface area contributed by atoms with Gasteiger partial charge in [0.15, 0.2) is 5.82 Å². The van der Waals surface area contributed by atoms with Crippen LogP contribution in [-0.4, -0.2) is 52.3 Å². The van der Waals surface area contributed by atoms with E-state index in [1.807, 2.05) is 25.1 Å². The molecule has 0 aliphatic carbocycles. The molecule has 2 saturated heterocycles. The fourth-order valence-electron chi connectivity index (χ4n) is 4.20. The van der Waals surface area contributed by atoms with Crippen LogP contribution in [-0.2, 0) is 4.74 Å². The molecule has 2 aromatic heterocycles. The summed E-state index contributed by atoms with van der Waals surface area (Å²) in [5.41, 5.74) is 2.66. The molecular formula is C24H28ClFN6O. The van der Waals surface area contributed by atoms with Crippen molar-refractivity contribution in [3.8, 4) is 0 Å². The number of hydrogen-bond acceptors (Lipinski definition) is 7. The second-order valence-corrected chi connectivity index (χ2v) is 8.36. The van der Waals surface area contributed by atoms with E-state index in [-0.39, 0.29) is 18.2 Å². The van der Waals surface area contributed by atoms with Crippen LogP contribution in [0.2, 0.25) is 0 Å². The predicted molar refractivity (Wildman–Crippen MR) is 131 cm³/mol. The molecule has 7 nitrogen and oxygen atoms in total. The Hall–Kier alpha value is -2.84. The molecule has 5 rings (SSSR count). The van der Waals surface area contributed by atoms with Gasteiger partial charge in [-0.05, 0) is 56.9 Å². The van der Waals surface area contributed by atoms with Crippen LogP contribution < -0.4 is 10.2 Å². The van der Waals surface area contributed by atoms with Crippen molar-refractivity contribution in [3.05, 3.63) is 47.3 Å².